The summed E-state index contributed by atoms with van der Waals surface area (Å²) in [6.07, 6.45) is 4.59. The Bertz CT molecular complexity index is 764. The second-order valence-electron chi connectivity index (χ2n) is 6.85. The molecule has 2 aromatic rings. The van der Waals surface area contributed by atoms with E-state index in [0.717, 1.165) is 37.3 Å². The summed E-state index contributed by atoms with van der Waals surface area (Å²) in [5.41, 5.74) is 4.06. The molecule has 0 spiro atoms. The number of carbonyl (C=O) groups excluding carboxylic acids is 1. The maximum Gasteiger partial charge on any atom is 0.259 e. The van der Waals surface area contributed by atoms with E-state index in [4.69, 9.17) is 9.26 Å². The summed E-state index contributed by atoms with van der Waals surface area (Å²) in [7, 11) is 1.68. The first kappa shape index (κ1) is 15.2. The molecule has 0 saturated heterocycles. The first-order chi connectivity index (χ1) is 11.7. The Balaban J connectivity index is 1.58. The number of carbonyl (C=O) groups is 1. The smallest absolute Gasteiger partial charge is 0.259 e. The summed E-state index contributed by atoms with van der Waals surface area (Å²) in [5, 5.41) is 4.06. The van der Waals surface area contributed by atoms with Crippen LogP contribution in [0.2, 0.25) is 0 Å². The van der Waals surface area contributed by atoms with Crippen LogP contribution in [0.15, 0.2) is 29.0 Å². The minimum absolute atomic E-state index is 0.0461. The quantitative estimate of drug-likeness (QED) is 0.868. The van der Waals surface area contributed by atoms with Gasteiger partial charge in [-0.15, -0.1) is 0 Å². The molecule has 0 radical (unpaired) electrons. The van der Waals surface area contributed by atoms with Gasteiger partial charge >= 0.3 is 0 Å². The van der Waals surface area contributed by atoms with Crippen molar-refractivity contribution in [2.75, 3.05) is 20.2 Å². The molecule has 24 heavy (non-hydrogen) atoms. The van der Waals surface area contributed by atoms with Gasteiger partial charge in [0.25, 0.3) is 5.91 Å². The van der Waals surface area contributed by atoms with E-state index in [0.29, 0.717) is 18.0 Å². The lowest BCUT2D eigenvalue weighted by molar-refractivity contribution is 0.0752. The van der Waals surface area contributed by atoms with Gasteiger partial charge in [0.2, 0.25) is 0 Å². The Morgan fingerprint density at radius 2 is 2.21 bits per heavy atom. The molecule has 5 nitrogen and oxygen atoms in total. The predicted octanol–water partition coefficient (Wildman–Crippen LogP) is 3.36. The Kier molecular flexibility index (Phi) is 3.79. The maximum atomic E-state index is 13.0. The van der Waals surface area contributed by atoms with E-state index in [9.17, 15) is 4.79 Å². The van der Waals surface area contributed by atoms with Crippen molar-refractivity contribution >= 4 is 5.91 Å². The average molecular weight is 326 g/mol. The maximum absolute atomic E-state index is 13.0. The minimum atomic E-state index is 0.0461. The summed E-state index contributed by atoms with van der Waals surface area (Å²) in [6.45, 7) is 3.59. The predicted molar refractivity (Wildman–Crippen MR) is 89.5 cm³/mol. The molecule has 2 aliphatic rings. The molecule has 1 fully saturated rings. The number of aromatic nitrogens is 1. The Hall–Kier alpha value is -2.30. The Morgan fingerprint density at radius 3 is 2.96 bits per heavy atom. The van der Waals surface area contributed by atoms with Crippen LogP contribution in [0.25, 0.3) is 0 Å². The van der Waals surface area contributed by atoms with E-state index in [1.165, 1.54) is 17.4 Å². The lowest BCUT2D eigenvalue weighted by Gasteiger charge is -2.23. The van der Waals surface area contributed by atoms with Gasteiger partial charge in [-0.25, -0.2) is 0 Å². The van der Waals surface area contributed by atoms with E-state index in [2.05, 4.69) is 24.2 Å². The molecule has 0 N–H and O–H groups in total. The van der Waals surface area contributed by atoms with E-state index in [-0.39, 0.29) is 11.8 Å². The molecular weight excluding hydrogens is 304 g/mol. The average Bonchev–Trinajstić information content (AvgIpc) is 3.36. The van der Waals surface area contributed by atoms with Crippen molar-refractivity contribution in [2.24, 2.45) is 0 Å². The highest BCUT2D eigenvalue weighted by Crippen LogP contribution is 2.41. The standard InChI is InChI=1S/C19H22N2O3/c1-12-10-21(8-7-13-5-6-15(23-2)9-16(12)13)19(22)17-11-24-20-18(17)14-3-4-14/h5-6,9,11-12,14H,3-4,7-8,10H2,1-2H3. The monoisotopic (exact) mass is 326 g/mol. The summed E-state index contributed by atoms with van der Waals surface area (Å²) in [5.74, 6) is 1.60. The van der Waals surface area contributed by atoms with Gasteiger partial charge in [-0.1, -0.05) is 18.1 Å². The van der Waals surface area contributed by atoms with E-state index < -0.39 is 0 Å². The summed E-state index contributed by atoms with van der Waals surface area (Å²) < 4.78 is 10.4. The van der Waals surface area contributed by atoms with E-state index in [1.807, 2.05) is 11.0 Å². The fourth-order valence-corrected chi connectivity index (χ4v) is 3.57. The van der Waals surface area contributed by atoms with Gasteiger partial charge in [0.1, 0.15) is 17.6 Å². The third kappa shape index (κ3) is 2.68. The number of ether oxygens (including phenoxy) is 1. The number of nitrogens with zero attached hydrogens (tertiary/aromatic N) is 2. The zero-order chi connectivity index (χ0) is 16.7. The number of fused-ring (bicyclic) bond motifs is 1. The zero-order valence-electron chi connectivity index (χ0n) is 14.1. The molecule has 1 aromatic heterocycles. The zero-order valence-corrected chi connectivity index (χ0v) is 14.1. The van der Waals surface area contributed by atoms with Crippen LogP contribution in [0, 0.1) is 0 Å². The van der Waals surface area contributed by atoms with Crippen molar-refractivity contribution < 1.29 is 14.1 Å². The molecule has 0 bridgehead atoms. The van der Waals surface area contributed by atoms with Crippen LogP contribution in [0.4, 0.5) is 0 Å². The second kappa shape index (κ2) is 5.96. The number of methoxy groups -OCH3 is 1. The fourth-order valence-electron chi connectivity index (χ4n) is 3.57. The van der Waals surface area contributed by atoms with Crippen molar-refractivity contribution in [3.8, 4) is 5.75 Å². The van der Waals surface area contributed by atoms with Gasteiger partial charge < -0.3 is 14.2 Å². The first-order valence-electron chi connectivity index (χ1n) is 8.57. The second-order valence-corrected chi connectivity index (χ2v) is 6.85. The van der Waals surface area contributed by atoms with Crippen LogP contribution in [-0.4, -0.2) is 36.2 Å². The van der Waals surface area contributed by atoms with Crippen molar-refractivity contribution in [2.45, 2.75) is 38.0 Å². The molecule has 1 aliphatic heterocycles. The van der Waals surface area contributed by atoms with Gasteiger partial charge in [-0.3, -0.25) is 4.79 Å². The molecule has 5 heteroatoms. The molecule has 126 valence electrons. The molecular formula is C19H22N2O3. The van der Waals surface area contributed by atoms with Crippen LogP contribution in [0.5, 0.6) is 5.75 Å². The van der Waals surface area contributed by atoms with Gasteiger partial charge in [0.05, 0.1) is 12.8 Å². The van der Waals surface area contributed by atoms with Crippen LogP contribution in [-0.2, 0) is 6.42 Å². The van der Waals surface area contributed by atoms with Gasteiger partial charge in [0, 0.05) is 19.0 Å². The number of hydrogen-bond donors (Lipinski definition) is 0. The molecule has 1 unspecified atom stereocenters. The molecule has 1 amide bonds. The van der Waals surface area contributed by atoms with Crippen LogP contribution in [0.1, 0.15) is 58.8 Å². The Labute approximate surface area is 141 Å². The van der Waals surface area contributed by atoms with E-state index in [1.54, 1.807) is 7.11 Å². The lowest BCUT2D eigenvalue weighted by Crippen LogP contribution is -2.34. The molecule has 2 heterocycles. The van der Waals surface area contributed by atoms with Crippen LogP contribution < -0.4 is 4.74 Å². The highest BCUT2D eigenvalue weighted by molar-refractivity contribution is 5.95. The summed E-state index contributed by atoms with van der Waals surface area (Å²) in [4.78, 5) is 14.9. The largest absolute Gasteiger partial charge is 0.497 e. The highest BCUT2D eigenvalue weighted by Gasteiger charge is 2.34. The Morgan fingerprint density at radius 1 is 1.38 bits per heavy atom. The van der Waals surface area contributed by atoms with E-state index >= 15 is 0 Å². The van der Waals surface area contributed by atoms with Crippen molar-refractivity contribution in [3.05, 3.63) is 46.8 Å². The number of amides is 1. The third-order valence-corrected chi connectivity index (χ3v) is 5.11. The number of rotatable bonds is 3. The van der Waals surface area contributed by atoms with Crippen molar-refractivity contribution in [3.63, 3.8) is 0 Å². The lowest BCUT2D eigenvalue weighted by atomic mass is 9.95. The van der Waals surface area contributed by atoms with Gasteiger partial charge in [-0.05, 0) is 48.4 Å². The van der Waals surface area contributed by atoms with Crippen LogP contribution in [0.3, 0.4) is 0 Å². The van der Waals surface area contributed by atoms with Crippen molar-refractivity contribution in [1.82, 2.24) is 10.1 Å². The summed E-state index contributed by atoms with van der Waals surface area (Å²) >= 11 is 0. The molecule has 1 saturated carbocycles. The number of benzene rings is 1. The van der Waals surface area contributed by atoms with Crippen molar-refractivity contribution in [1.29, 1.82) is 0 Å². The normalized spacial score (nSPS) is 20.4. The molecule has 4 rings (SSSR count). The summed E-state index contributed by atoms with van der Waals surface area (Å²) in [6, 6.07) is 6.21. The minimum Gasteiger partial charge on any atom is -0.497 e. The SMILES string of the molecule is COc1ccc2c(c1)C(C)CN(C(=O)c1conc1C1CC1)CC2. The molecule has 1 aliphatic carbocycles. The van der Waals surface area contributed by atoms with Crippen LogP contribution >= 0.6 is 0 Å². The highest BCUT2D eigenvalue weighted by atomic mass is 16.5. The third-order valence-electron chi connectivity index (χ3n) is 5.11. The molecule has 1 atom stereocenters. The topological polar surface area (TPSA) is 55.6 Å². The molecule has 1 aromatic carbocycles. The first-order valence-corrected chi connectivity index (χ1v) is 8.57. The number of hydrogen-bond acceptors (Lipinski definition) is 4. The van der Waals surface area contributed by atoms with Gasteiger partial charge in [-0.2, -0.15) is 0 Å². The fraction of sp³-hybridized carbons (Fsp3) is 0.474. The van der Waals surface area contributed by atoms with Gasteiger partial charge in [0.15, 0.2) is 0 Å².